The number of aromatic nitrogens is 3. The Labute approximate surface area is 237 Å². The summed E-state index contributed by atoms with van der Waals surface area (Å²) in [5.41, 5.74) is 7.06. The number of anilines is 1. The number of benzene rings is 2. The van der Waals surface area contributed by atoms with Crippen LogP contribution in [0.2, 0.25) is 5.02 Å². The van der Waals surface area contributed by atoms with E-state index in [2.05, 4.69) is 21.9 Å². The van der Waals surface area contributed by atoms with Crippen LogP contribution in [0, 0.1) is 28.9 Å². The Bertz CT molecular complexity index is 1690. The monoisotopic (exact) mass is 589 g/mol. The van der Waals surface area contributed by atoms with Gasteiger partial charge >= 0.3 is 12.1 Å². The molecule has 1 atom stereocenters. The number of carbonyl (C=O) groups excluding carboxylic acids is 1. The molecule has 41 heavy (non-hydrogen) atoms. The quantitative estimate of drug-likeness (QED) is 0.205. The number of hydrogen-bond donors (Lipinski definition) is 2. The zero-order chi connectivity index (χ0) is 30.3. The van der Waals surface area contributed by atoms with Gasteiger partial charge in [0.15, 0.2) is 5.82 Å². The molecule has 6 nitrogen and oxygen atoms in total. The van der Waals surface area contributed by atoms with Crippen molar-refractivity contribution < 1.29 is 26.7 Å². The summed E-state index contributed by atoms with van der Waals surface area (Å²) in [6, 6.07) is 7.46. The molecule has 0 spiro atoms. The van der Waals surface area contributed by atoms with Gasteiger partial charge in [0, 0.05) is 29.7 Å². The maximum absolute atomic E-state index is 14.0. The third-order valence-corrected chi connectivity index (χ3v) is 6.32. The largest absolute Gasteiger partial charge is 0.471 e. The van der Waals surface area contributed by atoms with Gasteiger partial charge in [-0.1, -0.05) is 23.6 Å². The van der Waals surface area contributed by atoms with Gasteiger partial charge in [0.25, 0.3) is 0 Å². The van der Waals surface area contributed by atoms with E-state index in [0.717, 1.165) is 12.1 Å². The average Bonchev–Trinajstić information content (AvgIpc) is 3.15. The SMILES string of the molecule is Cn1nc(N)c2c(Cl)ccc(-c3ccc(C#CC(C)(C)C)nc3[C@H](Cc3cc(F)cc(F)c3)NC(=O)C(F)(F)F)c21. The maximum Gasteiger partial charge on any atom is 0.471 e. The number of halogens is 6. The highest BCUT2D eigenvalue weighted by molar-refractivity contribution is 6.37. The van der Waals surface area contributed by atoms with E-state index in [9.17, 15) is 26.7 Å². The second-order valence-corrected chi connectivity index (χ2v) is 10.9. The van der Waals surface area contributed by atoms with Crippen LogP contribution in [-0.2, 0) is 18.3 Å². The van der Waals surface area contributed by atoms with Crippen LogP contribution in [0.5, 0.6) is 0 Å². The molecule has 2 aromatic heterocycles. The van der Waals surface area contributed by atoms with Crippen molar-refractivity contribution in [3.63, 3.8) is 0 Å². The summed E-state index contributed by atoms with van der Waals surface area (Å²) < 4.78 is 69.9. The van der Waals surface area contributed by atoms with E-state index < -0.39 is 41.6 Å². The first-order valence-electron chi connectivity index (χ1n) is 12.3. The minimum atomic E-state index is -5.24. The topological polar surface area (TPSA) is 85.8 Å². The van der Waals surface area contributed by atoms with Gasteiger partial charge in [-0.15, -0.1) is 0 Å². The molecular weight excluding hydrogens is 565 g/mol. The number of aryl methyl sites for hydroxylation is 1. The fourth-order valence-electron chi connectivity index (χ4n) is 4.34. The number of alkyl halides is 3. The number of fused-ring (bicyclic) bond motifs is 1. The predicted octanol–water partition coefficient (Wildman–Crippen LogP) is 6.51. The fourth-order valence-corrected chi connectivity index (χ4v) is 4.58. The number of nitrogen functional groups attached to an aromatic ring is 1. The number of nitrogens with one attached hydrogen (secondary N) is 1. The summed E-state index contributed by atoms with van der Waals surface area (Å²) >= 11 is 6.38. The van der Waals surface area contributed by atoms with E-state index >= 15 is 0 Å². The van der Waals surface area contributed by atoms with Crippen molar-refractivity contribution in [3.8, 4) is 23.0 Å². The van der Waals surface area contributed by atoms with Crippen LogP contribution in [0.4, 0.5) is 27.8 Å². The number of carbonyl (C=O) groups is 1. The van der Waals surface area contributed by atoms with E-state index in [1.54, 1.807) is 31.3 Å². The van der Waals surface area contributed by atoms with E-state index in [1.807, 2.05) is 26.1 Å². The molecule has 0 bridgehead atoms. The van der Waals surface area contributed by atoms with Crippen LogP contribution in [0.15, 0.2) is 42.5 Å². The first-order chi connectivity index (χ1) is 19.0. The lowest BCUT2D eigenvalue weighted by Crippen LogP contribution is -2.40. The first-order valence-corrected chi connectivity index (χ1v) is 12.7. The molecule has 0 aliphatic heterocycles. The third kappa shape index (κ3) is 6.77. The summed E-state index contributed by atoms with van der Waals surface area (Å²) in [4.78, 5) is 16.7. The summed E-state index contributed by atoms with van der Waals surface area (Å²) in [6.07, 6.45) is -5.66. The van der Waals surface area contributed by atoms with Gasteiger partial charge in [-0.25, -0.2) is 13.8 Å². The van der Waals surface area contributed by atoms with Gasteiger partial charge in [0.05, 0.1) is 27.7 Å². The highest BCUT2D eigenvalue weighted by Gasteiger charge is 2.40. The zero-order valence-electron chi connectivity index (χ0n) is 22.4. The third-order valence-electron chi connectivity index (χ3n) is 6.00. The Hall–Kier alpha value is -4.17. The molecule has 1 amide bonds. The number of hydrogen-bond acceptors (Lipinski definition) is 4. The average molecular weight is 590 g/mol. The van der Waals surface area contributed by atoms with Gasteiger partial charge in [-0.2, -0.15) is 18.3 Å². The van der Waals surface area contributed by atoms with Crippen LogP contribution in [-0.4, -0.2) is 26.8 Å². The molecule has 0 aliphatic carbocycles. The number of amides is 1. The summed E-state index contributed by atoms with van der Waals surface area (Å²) in [5, 5.41) is 6.89. The van der Waals surface area contributed by atoms with Crippen LogP contribution < -0.4 is 11.1 Å². The van der Waals surface area contributed by atoms with Crippen LogP contribution in [0.3, 0.4) is 0 Å². The normalized spacial score (nSPS) is 12.6. The van der Waals surface area contributed by atoms with Gasteiger partial charge in [0.2, 0.25) is 0 Å². The number of pyridine rings is 1. The molecule has 2 aromatic carbocycles. The molecule has 0 fully saturated rings. The van der Waals surface area contributed by atoms with Crippen molar-refractivity contribution in [3.05, 3.63) is 76.1 Å². The standard InChI is InChI=1S/C29H25ClF5N5O/c1-28(2,3)10-9-18-5-6-19(20-7-8-21(30)23-25(20)40(4)39-26(23)36)24(37-18)22(38-27(41)29(33,34)35)13-15-11-16(31)14-17(32)12-15/h5-8,11-12,14,22H,13H2,1-4H3,(H2,36,39)(H,38,41)/t22-/m0/s1. The Morgan fingerprint density at radius 2 is 1.71 bits per heavy atom. The van der Waals surface area contributed by atoms with Crippen molar-refractivity contribution in [2.75, 3.05) is 5.73 Å². The van der Waals surface area contributed by atoms with E-state index in [1.165, 1.54) is 4.68 Å². The zero-order valence-corrected chi connectivity index (χ0v) is 23.2. The van der Waals surface area contributed by atoms with Gasteiger partial charge in [-0.3, -0.25) is 9.48 Å². The van der Waals surface area contributed by atoms with E-state index in [0.29, 0.717) is 33.1 Å². The highest BCUT2D eigenvalue weighted by atomic mass is 35.5. The van der Waals surface area contributed by atoms with Crippen LogP contribution in [0.1, 0.15) is 43.8 Å². The smallest absolute Gasteiger partial charge is 0.382 e. The minimum Gasteiger partial charge on any atom is -0.382 e. The first kappa shape index (κ1) is 29.8. The second kappa shape index (κ2) is 11.0. The lowest BCUT2D eigenvalue weighted by molar-refractivity contribution is -0.174. The molecule has 0 saturated heterocycles. The molecule has 0 unspecified atom stereocenters. The Morgan fingerprint density at radius 1 is 1.07 bits per heavy atom. The molecule has 12 heteroatoms. The van der Waals surface area contributed by atoms with Gasteiger partial charge < -0.3 is 11.1 Å². The molecule has 214 valence electrons. The predicted molar refractivity (Wildman–Crippen MR) is 147 cm³/mol. The van der Waals surface area contributed by atoms with Crippen molar-refractivity contribution in [1.82, 2.24) is 20.1 Å². The van der Waals surface area contributed by atoms with Crippen LogP contribution >= 0.6 is 11.6 Å². The molecule has 0 saturated carbocycles. The molecular formula is C29H25ClF5N5O. The van der Waals surface area contributed by atoms with Crippen molar-refractivity contribution in [2.24, 2.45) is 12.5 Å². The Kier molecular flexibility index (Phi) is 8.00. The van der Waals surface area contributed by atoms with Gasteiger partial charge in [-0.05, 0) is 69.0 Å². The summed E-state index contributed by atoms with van der Waals surface area (Å²) in [6.45, 7) is 5.62. The lowest BCUT2D eigenvalue weighted by Gasteiger charge is -2.23. The van der Waals surface area contributed by atoms with Gasteiger partial charge in [0.1, 0.15) is 17.3 Å². The highest BCUT2D eigenvalue weighted by Crippen LogP contribution is 2.39. The number of nitrogens with two attached hydrogens (primary N) is 1. The summed E-state index contributed by atoms with van der Waals surface area (Å²) in [5.74, 6) is 1.96. The van der Waals surface area contributed by atoms with Crippen molar-refractivity contribution in [1.29, 1.82) is 0 Å². The van der Waals surface area contributed by atoms with E-state index in [4.69, 9.17) is 17.3 Å². The van der Waals surface area contributed by atoms with Crippen molar-refractivity contribution >= 4 is 34.2 Å². The molecule has 4 aromatic rings. The Balaban J connectivity index is 2.00. The lowest BCUT2D eigenvalue weighted by atomic mass is 9.93. The molecule has 3 N–H and O–H groups in total. The maximum atomic E-state index is 14.0. The number of nitrogens with zero attached hydrogens (tertiary/aromatic N) is 3. The number of rotatable bonds is 5. The summed E-state index contributed by atoms with van der Waals surface area (Å²) in [7, 11) is 1.62. The molecule has 0 radical (unpaired) electrons. The second-order valence-electron chi connectivity index (χ2n) is 10.5. The molecule has 2 heterocycles. The Morgan fingerprint density at radius 3 is 2.32 bits per heavy atom. The molecule has 0 aliphatic rings. The van der Waals surface area contributed by atoms with Crippen LogP contribution in [0.25, 0.3) is 22.0 Å². The van der Waals surface area contributed by atoms with E-state index in [-0.39, 0.29) is 22.8 Å². The molecule has 4 rings (SSSR count). The minimum absolute atomic E-state index is 0.0000610. The van der Waals surface area contributed by atoms with Crippen molar-refractivity contribution in [2.45, 2.75) is 39.4 Å². The fraction of sp³-hybridized carbons (Fsp3) is 0.276.